The van der Waals surface area contributed by atoms with E-state index in [1.54, 1.807) is 0 Å². The van der Waals surface area contributed by atoms with E-state index in [-0.39, 0.29) is 29.3 Å². The number of aromatic nitrogens is 1. The molecule has 4 N–H and O–H groups in total. The lowest BCUT2D eigenvalue weighted by Gasteiger charge is -2.29. The SMILES string of the molecule is CCCCC1C(=O)OC(C)C(NC(=O)c2cccc(NC(=O)c3nccc(OC)c3O)c2O)C(=O)OC(C)C1OC(=O)CC(C)C. The molecule has 1 aliphatic heterocycles. The van der Waals surface area contributed by atoms with Crippen molar-refractivity contribution >= 4 is 35.4 Å². The van der Waals surface area contributed by atoms with Crippen LogP contribution in [0.4, 0.5) is 5.69 Å². The van der Waals surface area contributed by atoms with Gasteiger partial charge in [0.05, 0.1) is 24.3 Å². The zero-order valence-electron chi connectivity index (χ0n) is 26.7. The maximum atomic E-state index is 13.4. The summed E-state index contributed by atoms with van der Waals surface area (Å²) in [6.07, 6.45) is -0.358. The fourth-order valence-corrected chi connectivity index (χ4v) is 4.90. The summed E-state index contributed by atoms with van der Waals surface area (Å²) in [6, 6.07) is 3.75. The van der Waals surface area contributed by atoms with Crippen molar-refractivity contribution in [2.75, 3.05) is 12.4 Å². The van der Waals surface area contributed by atoms with E-state index in [2.05, 4.69) is 15.6 Å². The normalized spacial score (nSPS) is 21.6. The predicted octanol–water partition coefficient (Wildman–Crippen LogP) is 3.49. The lowest BCUT2D eigenvalue weighted by atomic mass is 9.92. The highest BCUT2D eigenvalue weighted by Crippen LogP contribution is 2.32. The van der Waals surface area contributed by atoms with Gasteiger partial charge in [0.25, 0.3) is 11.8 Å². The number of rotatable bonds is 11. The van der Waals surface area contributed by atoms with Gasteiger partial charge in [-0.25, -0.2) is 9.78 Å². The number of anilines is 1. The van der Waals surface area contributed by atoms with Gasteiger partial charge in [-0.3, -0.25) is 19.2 Å². The number of phenolic OH excluding ortho intramolecular Hbond substituents is 1. The van der Waals surface area contributed by atoms with Crippen LogP contribution in [-0.4, -0.2) is 76.4 Å². The van der Waals surface area contributed by atoms with Crippen LogP contribution >= 0.6 is 0 Å². The summed E-state index contributed by atoms with van der Waals surface area (Å²) in [7, 11) is 1.30. The van der Waals surface area contributed by atoms with E-state index in [4.69, 9.17) is 18.9 Å². The molecule has 5 unspecified atom stereocenters. The maximum absolute atomic E-state index is 13.4. The van der Waals surface area contributed by atoms with Crippen molar-refractivity contribution < 1.29 is 53.1 Å². The second-order valence-corrected chi connectivity index (χ2v) is 11.4. The van der Waals surface area contributed by atoms with Crippen LogP contribution in [0.15, 0.2) is 30.5 Å². The van der Waals surface area contributed by atoms with E-state index < -0.39 is 77.2 Å². The van der Waals surface area contributed by atoms with Crippen LogP contribution in [0.5, 0.6) is 17.2 Å². The van der Waals surface area contributed by atoms with Gasteiger partial charge in [-0.1, -0.05) is 39.7 Å². The van der Waals surface area contributed by atoms with Crippen LogP contribution in [0.2, 0.25) is 0 Å². The number of para-hydroxylation sites is 1. The number of hydrogen-bond donors (Lipinski definition) is 4. The minimum atomic E-state index is -1.51. The van der Waals surface area contributed by atoms with Gasteiger partial charge in [0.1, 0.15) is 12.2 Å². The summed E-state index contributed by atoms with van der Waals surface area (Å²) in [5.74, 6) is -6.16. The molecule has 0 spiro atoms. The minimum Gasteiger partial charge on any atom is -0.505 e. The van der Waals surface area contributed by atoms with Crippen molar-refractivity contribution in [1.29, 1.82) is 0 Å². The van der Waals surface area contributed by atoms with Gasteiger partial charge >= 0.3 is 17.9 Å². The topological polar surface area (TPSA) is 200 Å². The maximum Gasteiger partial charge on any atom is 0.332 e. The molecule has 250 valence electrons. The summed E-state index contributed by atoms with van der Waals surface area (Å²) < 4.78 is 21.9. The zero-order valence-corrected chi connectivity index (χ0v) is 26.7. The van der Waals surface area contributed by atoms with E-state index in [0.717, 1.165) is 6.42 Å². The number of cyclic esters (lactones) is 2. The van der Waals surface area contributed by atoms with Crippen LogP contribution in [-0.2, 0) is 28.6 Å². The third-order valence-electron chi connectivity index (χ3n) is 7.34. The molecule has 5 atom stereocenters. The molecule has 0 saturated carbocycles. The molecule has 14 heteroatoms. The van der Waals surface area contributed by atoms with Crippen molar-refractivity contribution in [1.82, 2.24) is 10.3 Å². The number of unbranched alkanes of at least 4 members (excludes halogenated alkanes) is 1. The monoisotopic (exact) mass is 643 g/mol. The second kappa shape index (κ2) is 15.9. The molecule has 1 aromatic heterocycles. The number of methoxy groups -OCH3 is 1. The molecule has 14 nitrogen and oxygen atoms in total. The Balaban J connectivity index is 1.85. The van der Waals surface area contributed by atoms with E-state index in [1.165, 1.54) is 51.4 Å². The van der Waals surface area contributed by atoms with E-state index in [0.29, 0.717) is 12.8 Å². The van der Waals surface area contributed by atoms with Crippen LogP contribution in [0.1, 0.15) is 81.1 Å². The number of pyridine rings is 1. The Morgan fingerprint density at radius 2 is 1.70 bits per heavy atom. The number of amides is 2. The molecule has 2 heterocycles. The van der Waals surface area contributed by atoms with Gasteiger partial charge in [0.15, 0.2) is 35.1 Å². The number of hydrogen-bond acceptors (Lipinski definition) is 12. The number of esters is 3. The highest BCUT2D eigenvalue weighted by Gasteiger charge is 2.44. The van der Waals surface area contributed by atoms with Crippen molar-refractivity contribution in [2.45, 2.75) is 84.7 Å². The third kappa shape index (κ3) is 8.64. The molecule has 1 saturated heterocycles. The van der Waals surface area contributed by atoms with Crippen LogP contribution in [0.3, 0.4) is 0 Å². The van der Waals surface area contributed by atoms with Gasteiger partial charge in [-0.15, -0.1) is 0 Å². The van der Waals surface area contributed by atoms with E-state index >= 15 is 0 Å². The summed E-state index contributed by atoms with van der Waals surface area (Å²) in [5.41, 5.74) is -0.921. The smallest absolute Gasteiger partial charge is 0.332 e. The summed E-state index contributed by atoms with van der Waals surface area (Å²) in [4.78, 5) is 69.3. The largest absolute Gasteiger partial charge is 0.505 e. The Hall–Kier alpha value is -4.88. The van der Waals surface area contributed by atoms with Gasteiger partial charge in [-0.05, 0) is 38.3 Å². The van der Waals surface area contributed by atoms with Gasteiger partial charge in [-0.2, -0.15) is 0 Å². The van der Waals surface area contributed by atoms with Crippen LogP contribution in [0, 0.1) is 11.8 Å². The fraction of sp³-hybridized carbons (Fsp3) is 0.500. The number of carbonyl (C=O) groups excluding carboxylic acids is 5. The van der Waals surface area contributed by atoms with Crippen LogP contribution in [0.25, 0.3) is 0 Å². The number of aromatic hydroxyl groups is 2. The van der Waals surface area contributed by atoms with E-state index in [9.17, 15) is 34.2 Å². The number of carbonyl (C=O) groups is 5. The molecule has 1 fully saturated rings. The Labute approximate surface area is 266 Å². The van der Waals surface area contributed by atoms with Crippen molar-refractivity contribution in [2.24, 2.45) is 11.8 Å². The third-order valence-corrected chi connectivity index (χ3v) is 7.34. The first-order valence-electron chi connectivity index (χ1n) is 15.1. The van der Waals surface area contributed by atoms with Crippen LogP contribution < -0.4 is 15.4 Å². The molecule has 46 heavy (non-hydrogen) atoms. The highest BCUT2D eigenvalue weighted by molar-refractivity contribution is 6.08. The molecule has 2 amide bonds. The molecule has 3 rings (SSSR count). The summed E-state index contributed by atoms with van der Waals surface area (Å²) in [5, 5.41) is 26.0. The molecule has 0 radical (unpaired) electrons. The molecule has 1 aromatic carbocycles. The lowest BCUT2D eigenvalue weighted by Crippen LogP contribution is -2.50. The Morgan fingerprint density at radius 1 is 1.00 bits per heavy atom. The average molecular weight is 644 g/mol. The van der Waals surface area contributed by atoms with E-state index in [1.807, 2.05) is 20.8 Å². The van der Waals surface area contributed by atoms with Crippen molar-refractivity contribution in [3.8, 4) is 17.2 Å². The number of ether oxygens (including phenoxy) is 4. The molecular formula is C32H41N3O11. The first-order valence-corrected chi connectivity index (χ1v) is 15.1. The molecular weight excluding hydrogens is 602 g/mol. The van der Waals surface area contributed by atoms with Crippen molar-refractivity contribution in [3.63, 3.8) is 0 Å². The summed E-state index contributed by atoms with van der Waals surface area (Å²) >= 11 is 0. The number of nitrogens with one attached hydrogen (secondary N) is 2. The average Bonchev–Trinajstić information content (AvgIpc) is 3.01. The minimum absolute atomic E-state index is 0.000232. The molecule has 0 bridgehead atoms. The molecule has 1 aliphatic rings. The number of phenols is 1. The Kier molecular flexibility index (Phi) is 12.3. The molecule has 2 aromatic rings. The zero-order chi connectivity index (χ0) is 34.1. The van der Waals surface area contributed by atoms with Gasteiger partial charge < -0.3 is 39.8 Å². The number of benzene rings is 1. The van der Waals surface area contributed by atoms with Crippen molar-refractivity contribution in [3.05, 3.63) is 41.7 Å². The lowest BCUT2D eigenvalue weighted by molar-refractivity contribution is -0.175. The predicted molar refractivity (Wildman–Crippen MR) is 163 cm³/mol. The quantitative estimate of drug-likeness (QED) is 0.158. The number of nitrogens with zero attached hydrogens (tertiary/aromatic N) is 1. The van der Waals surface area contributed by atoms with Gasteiger partial charge in [0.2, 0.25) is 0 Å². The second-order valence-electron chi connectivity index (χ2n) is 11.4. The fourth-order valence-electron chi connectivity index (χ4n) is 4.90. The highest BCUT2D eigenvalue weighted by atomic mass is 16.6. The Bertz CT molecular complexity index is 1440. The Morgan fingerprint density at radius 3 is 2.35 bits per heavy atom. The summed E-state index contributed by atoms with van der Waals surface area (Å²) in [6.45, 7) is 8.53. The standard InChI is InChI=1S/C32H41N3O11/c1-7-8-10-20-28(46-23(36)15-16(2)3)18(5)45-32(42)24(17(4)44-31(20)41)35-29(39)19-11-9-12-21(26(19)37)34-30(40)25-27(38)22(43-6)13-14-33-25/h9,11-14,16-18,20,24,28,37-38H,7-8,10,15H2,1-6H3,(H,34,40)(H,35,39). The first-order chi connectivity index (χ1) is 21.8. The molecule has 0 aliphatic carbocycles. The van der Waals surface area contributed by atoms with Gasteiger partial charge in [0, 0.05) is 18.7 Å². The first kappa shape index (κ1) is 35.6.